The lowest BCUT2D eigenvalue weighted by Crippen LogP contribution is -2.43. The Morgan fingerprint density at radius 2 is 2.03 bits per heavy atom. The first kappa shape index (κ1) is 19.4. The second-order valence-corrected chi connectivity index (χ2v) is 7.76. The predicted octanol–water partition coefficient (Wildman–Crippen LogP) is 3.76. The molecule has 0 aliphatic carbocycles. The highest BCUT2D eigenvalue weighted by Crippen LogP contribution is 2.27. The number of pyridine rings is 1. The van der Waals surface area contributed by atoms with Crippen molar-refractivity contribution in [1.29, 1.82) is 0 Å². The van der Waals surface area contributed by atoms with Crippen LogP contribution in [-0.2, 0) is 17.9 Å². The van der Waals surface area contributed by atoms with Gasteiger partial charge in [0.05, 0.1) is 17.0 Å². The average Bonchev–Trinajstić information content (AvgIpc) is 3.15. The maximum Gasteiger partial charge on any atom is 0.225 e. The smallest absolute Gasteiger partial charge is 0.225 e. The molecule has 6 heteroatoms. The number of carbonyl (C=O) groups is 1. The summed E-state index contributed by atoms with van der Waals surface area (Å²) in [6.45, 7) is 5.39. The third-order valence-electron chi connectivity index (χ3n) is 5.66. The zero-order valence-corrected chi connectivity index (χ0v) is 17.1. The quantitative estimate of drug-likeness (QED) is 0.666. The van der Waals surface area contributed by atoms with Crippen LogP contribution in [0.5, 0.6) is 0 Å². The number of aromatic nitrogens is 3. The molecular formula is C23H29N5O. The van der Waals surface area contributed by atoms with Crippen molar-refractivity contribution in [2.24, 2.45) is 5.92 Å². The molecule has 1 fully saturated rings. The van der Waals surface area contributed by atoms with Gasteiger partial charge in [0.1, 0.15) is 0 Å². The molecule has 1 atom stereocenters. The minimum Gasteiger partial charge on any atom is -0.352 e. The number of hydrogen-bond donors (Lipinski definition) is 1. The summed E-state index contributed by atoms with van der Waals surface area (Å²) in [6, 6.07) is 12.2. The van der Waals surface area contributed by atoms with Crippen molar-refractivity contribution >= 4 is 22.9 Å². The van der Waals surface area contributed by atoms with Crippen LogP contribution in [0.2, 0.25) is 0 Å². The molecule has 0 radical (unpaired) electrons. The van der Waals surface area contributed by atoms with Crippen LogP contribution in [-0.4, -0.2) is 33.5 Å². The first-order valence-electron chi connectivity index (χ1n) is 10.6. The summed E-state index contributed by atoms with van der Waals surface area (Å²) in [5.74, 6) is 1.12. The van der Waals surface area contributed by atoms with E-state index in [1.807, 2.05) is 18.2 Å². The number of fused-ring (bicyclic) bond motifs is 1. The van der Waals surface area contributed by atoms with Gasteiger partial charge in [-0.3, -0.25) is 9.78 Å². The Bertz CT molecular complexity index is 952. The first-order valence-corrected chi connectivity index (χ1v) is 10.6. The number of rotatable bonds is 7. The number of imidazole rings is 1. The van der Waals surface area contributed by atoms with Crippen LogP contribution >= 0.6 is 0 Å². The summed E-state index contributed by atoms with van der Waals surface area (Å²) in [4.78, 5) is 24.0. The van der Waals surface area contributed by atoms with Gasteiger partial charge in [-0.1, -0.05) is 25.5 Å². The molecular weight excluding hydrogens is 362 g/mol. The largest absolute Gasteiger partial charge is 0.352 e. The third-order valence-corrected chi connectivity index (χ3v) is 5.66. The van der Waals surface area contributed by atoms with Gasteiger partial charge in [-0.2, -0.15) is 0 Å². The molecule has 1 saturated heterocycles. The summed E-state index contributed by atoms with van der Waals surface area (Å²) in [5.41, 5.74) is 3.28. The maximum absolute atomic E-state index is 12.8. The number of benzene rings is 1. The molecule has 1 aliphatic heterocycles. The van der Waals surface area contributed by atoms with Crippen molar-refractivity contribution in [1.82, 2.24) is 19.9 Å². The van der Waals surface area contributed by atoms with E-state index in [9.17, 15) is 4.79 Å². The van der Waals surface area contributed by atoms with Crippen LogP contribution in [0, 0.1) is 5.92 Å². The van der Waals surface area contributed by atoms with Gasteiger partial charge in [0.15, 0.2) is 0 Å². The number of carbonyl (C=O) groups excluding carboxylic acids is 1. The number of aryl methyl sites for hydroxylation is 1. The zero-order valence-electron chi connectivity index (χ0n) is 17.1. The molecule has 4 rings (SSSR count). The van der Waals surface area contributed by atoms with Crippen molar-refractivity contribution in [3.05, 3.63) is 54.4 Å². The Kier molecular flexibility index (Phi) is 6.08. The van der Waals surface area contributed by atoms with Gasteiger partial charge < -0.3 is 14.8 Å². The molecule has 29 heavy (non-hydrogen) atoms. The average molecular weight is 392 g/mol. The molecule has 1 aliphatic rings. The van der Waals surface area contributed by atoms with E-state index in [4.69, 9.17) is 4.98 Å². The van der Waals surface area contributed by atoms with Gasteiger partial charge in [0.25, 0.3) is 0 Å². The fourth-order valence-corrected chi connectivity index (χ4v) is 4.05. The second kappa shape index (κ2) is 9.07. The first-order chi connectivity index (χ1) is 14.3. The molecule has 2 aromatic heterocycles. The Labute approximate surface area is 172 Å². The second-order valence-electron chi connectivity index (χ2n) is 7.76. The molecule has 3 aromatic rings. The van der Waals surface area contributed by atoms with E-state index >= 15 is 0 Å². The van der Waals surface area contributed by atoms with Gasteiger partial charge >= 0.3 is 0 Å². The number of amides is 1. The van der Waals surface area contributed by atoms with E-state index < -0.39 is 0 Å². The van der Waals surface area contributed by atoms with E-state index in [1.165, 1.54) is 5.52 Å². The highest BCUT2D eigenvalue weighted by atomic mass is 16.1. The molecule has 1 N–H and O–H groups in total. The number of nitrogens with zero attached hydrogens (tertiary/aromatic N) is 4. The van der Waals surface area contributed by atoms with E-state index in [0.29, 0.717) is 6.54 Å². The Morgan fingerprint density at radius 1 is 1.21 bits per heavy atom. The minimum atomic E-state index is -0.00924. The molecule has 1 aromatic carbocycles. The summed E-state index contributed by atoms with van der Waals surface area (Å²) in [5, 5.41) is 3.10. The van der Waals surface area contributed by atoms with Gasteiger partial charge in [0, 0.05) is 38.6 Å². The van der Waals surface area contributed by atoms with E-state index in [0.717, 1.165) is 62.3 Å². The molecule has 152 valence electrons. The highest BCUT2D eigenvalue weighted by molar-refractivity contribution is 5.81. The topological polar surface area (TPSA) is 63.1 Å². The van der Waals surface area contributed by atoms with Gasteiger partial charge in [-0.25, -0.2) is 4.98 Å². The fraction of sp³-hybridized carbons (Fsp3) is 0.435. The van der Waals surface area contributed by atoms with Gasteiger partial charge in [-0.15, -0.1) is 0 Å². The number of nitrogens with one attached hydrogen (secondary N) is 1. The van der Waals surface area contributed by atoms with Crippen LogP contribution in [0.1, 0.15) is 38.2 Å². The number of hydrogen-bond acceptors (Lipinski definition) is 4. The summed E-state index contributed by atoms with van der Waals surface area (Å²) < 4.78 is 2.33. The molecule has 3 heterocycles. The highest BCUT2D eigenvalue weighted by Gasteiger charge is 2.28. The molecule has 0 spiro atoms. The van der Waals surface area contributed by atoms with Crippen LogP contribution in [0.4, 0.5) is 5.95 Å². The summed E-state index contributed by atoms with van der Waals surface area (Å²) >= 11 is 0. The van der Waals surface area contributed by atoms with Gasteiger partial charge in [-0.05, 0) is 49.1 Å². The lowest BCUT2D eigenvalue weighted by Gasteiger charge is -2.33. The normalized spacial score (nSPS) is 16.9. The van der Waals surface area contributed by atoms with E-state index in [1.54, 1.807) is 12.4 Å². The molecule has 6 nitrogen and oxygen atoms in total. The monoisotopic (exact) mass is 391 g/mol. The number of unbranched alkanes of at least 4 members (excludes halogenated alkanes) is 1. The lowest BCUT2D eigenvalue weighted by atomic mass is 9.97. The Balaban J connectivity index is 1.48. The van der Waals surface area contributed by atoms with Crippen molar-refractivity contribution in [2.75, 3.05) is 18.0 Å². The van der Waals surface area contributed by atoms with Gasteiger partial charge in [0.2, 0.25) is 11.9 Å². The van der Waals surface area contributed by atoms with Crippen LogP contribution < -0.4 is 10.2 Å². The maximum atomic E-state index is 12.8. The van der Waals surface area contributed by atoms with Crippen molar-refractivity contribution in [2.45, 2.75) is 45.7 Å². The van der Waals surface area contributed by atoms with Crippen LogP contribution in [0.15, 0.2) is 48.8 Å². The molecule has 0 bridgehead atoms. The molecule has 0 unspecified atom stereocenters. The number of para-hydroxylation sites is 2. The summed E-state index contributed by atoms with van der Waals surface area (Å²) in [7, 11) is 0. The Morgan fingerprint density at radius 3 is 2.86 bits per heavy atom. The summed E-state index contributed by atoms with van der Waals surface area (Å²) in [6.07, 6.45) is 7.70. The Hall–Kier alpha value is -2.89. The molecule has 0 saturated carbocycles. The number of anilines is 1. The fourth-order valence-electron chi connectivity index (χ4n) is 4.05. The van der Waals surface area contributed by atoms with E-state index in [2.05, 4.69) is 44.9 Å². The number of piperidine rings is 1. The van der Waals surface area contributed by atoms with Crippen molar-refractivity contribution < 1.29 is 4.79 Å². The lowest BCUT2D eigenvalue weighted by molar-refractivity contribution is -0.125. The van der Waals surface area contributed by atoms with Crippen LogP contribution in [0.25, 0.3) is 11.0 Å². The van der Waals surface area contributed by atoms with E-state index in [-0.39, 0.29) is 11.8 Å². The van der Waals surface area contributed by atoms with Crippen LogP contribution in [0.3, 0.4) is 0 Å². The van der Waals surface area contributed by atoms with Crippen molar-refractivity contribution in [3.8, 4) is 0 Å². The minimum absolute atomic E-state index is 0.00924. The third kappa shape index (κ3) is 4.42. The standard InChI is InChI=1S/C23H29N5O/c1-2-3-15-28-21-9-5-4-8-20(21)26-23(28)27-14-6-7-19(17-27)22(29)25-16-18-10-12-24-13-11-18/h4-5,8-13,19H,2-3,6-7,14-17H2,1H3,(H,25,29)/t19-/m1/s1. The zero-order chi connectivity index (χ0) is 20.1. The SMILES string of the molecule is CCCCn1c(N2CCC[C@@H](C(=O)NCc3ccncc3)C2)nc2ccccc21. The predicted molar refractivity (Wildman–Crippen MR) is 116 cm³/mol. The van der Waals surface area contributed by atoms with Crippen molar-refractivity contribution in [3.63, 3.8) is 0 Å². The molecule has 1 amide bonds.